The van der Waals surface area contributed by atoms with Gasteiger partial charge in [-0.3, -0.25) is 14.6 Å². The molecule has 0 unspecified atom stereocenters. The number of fused-ring (bicyclic) bond motifs is 1. The molecule has 2 heterocycles. The quantitative estimate of drug-likeness (QED) is 0.432. The highest BCUT2D eigenvalue weighted by atomic mass is 32.2. The topological polar surface area (TPSA) is 67.7 Å². The Morgan fingerprint density at radius 2 is 2.00 bits per heavy atom. The fraction of sp³-hybridized carbons (Fsp3) is 0.300. The molecule has 0 spiro atoms. The van der Waals surface area contributed by atoms with Crippen LogP contribution < -0.4 is 15.6 Å². The predicted molar refractivity (Wildman–Crippen MR) is 109 cm³/mol. The second-order valence-electron chi connectivity index (χ2n) is 6.48. The first-order valence-electron chi connectivity index (χ1n) is 8.99. The molecule has 2 N–H and O–H groups in total. The largest absolute Gasteiger partial charge is 0.485 e. The molecule has 154 valence electrons. The molecule has 29 heavy (non-hydrogen) atoms. The minimum atomic E-state index is -0.676. The standard InChI is InChI=1S/C20H22F2N4O2S/c1-12-9-17(28-11-14-15(21)5-4-6-16(14)22)19-24-13(2)18(26(19)10-12)20(27)25-23-7-8-29-3/h4-6,9-10,23H,7-8,11H2,1-3H3,(H,25,27). The zero-order valence-electron chi connectivity index (χ0n) is 16.4. The molecule has 0 saturated carbocycles. The van der Waals surface area contributed by atoms with Crippen molar-refractivity contribution in [1.82, 2.24) is 20.2 Å². The maximum atomic E-state index is 13.9. The summed E-state index contributed by atoms with van der Waals surface area (Å²) in [5.74, 6) is -0.483. The molecule has 1 aromatic carbocycles. The summed E-state index contributed by atoms with van der Waals surface area (Å²) in [6.07, 6.45) is 3.75. The summed E-state index contributed by atoms with van der Waals surface area (Å²) < 4.78 is 35.1. The zero-order valence-corrected chi connectivity index (χ0v) is 17.2. The van der Waals surface area contributed by atoms with Crippen LogP contribution in [0.15, 0.2) is 30.5 Å². The molecule has 3 rings (SSSR count). The van der Waals surface area contributed by atoms with E-state index in [-0.39, 0.29) is 18.1 Å². The summed E-state index contributed by atoms with van der Waals surface area (Å²) in [5.41, 5.74) is 7.47. The first-order valence-corrected chi connectivity index (χ1v) is 10.4. The monoisotopic (exact) mass is 420 g/mol. The van der Waals surface area contributed by atoms with E-state index in [4.69, 9.17) is 4.74 Å². The van der Waals surface area contributed by atoms with Crippen molar-refractivity contribution in [3.63, 3.8) is 0 Å². The number of halogens is 2. The molecule has 0 bridgehead atoms. The molecule has 0 fully saturated rings. The van der Waals surface area contributed by atoms with Gasteiger partial charge in [-0.05, 0) is 43.9 Å². The van der Waals surface area contributed by atoms with E-state index in [2.05, 4.69) is 15.8 Å². The van der Waals surface area contributed by atoms with Gasteiger partial charge in [0.05, 0.1) is 11.3 Å². The Bertz CT molecular complexity index is 1020. The number of hydrazine groups is 1. The number of aromatic nitrogens is 2. The molecular formula is C20H22F2N4O2S. The molecule has 0 saturated heterocycles. The van der Waals surface area contributed by atoms with Gasteiger partial charge in [-0.25, -0.2) is 19.2 Å². The number of ether oxygens (including phenoxy) is 1. The zero-order chi connectivity index (χ0) is 21.0. The van der Waals surface area contributed by atoms with Gasteiger partial charge in [0.25, 0.3) is 5.91 Å². The molecule has 6 nitrogen and oxygen atoms in total. The maximum absolute atomic E-state index is 13.9. The predicted octanol–water partition coefficient (Wildman–Crippen LogP) is 3.41. The molecular weight excluding hydrogens is 398 g/mol. The first-order chi connectivity index (χ1) is 13.9. The van der Waals surface area contributed by atoms with Crippen LogP contribution in [0.4, 0.5) is 8.78 Å². The van der Waals surface area contributed by atoms with E-state index in [1.54, 1.807) is 35.3 Å². The third-order valence-electron chi connectivity index (χ3n) is 4.28. The Hall–Kier alpha value is -2.65. The fourth-order valence-corrected chi connectivity index (χ4v) is 3.22. The number of rotatable bonds is 8. The van der Waals surface area contributed by atoms with Gasteiger partial charge in [0, 0.05) is 18.5 Å². The molecule has 0 aliphatic carbocycles. The average Bonchev–Trinajstić information content (AvgIpc) is 3.00. The SMILES string of the molecule is CSCCNNC(=O)c1c(C)nc2c(OCc3c(F)cccc3F)cc(C)cn12. The summed E-state index contributed by atoms with van der Waals surface area (Å²) in [7, 11) is 0. The van der Waals surface area contributed by atoms with Crippen molar-refractivity contribution in [3.8, 4) is 5.75 Å². The Balaban J connectivity index is 1.89. The number of pyridine rings is 1. The van der Waals surface area contributed by atoms with Crippen molar-refractivity contribution < 1.29 is 18.3 Å². The Kier molecular flexibility index (Phi) is 6.71. The fourth-order valence-electron chi connectivity index (χ4n) is 2.91. The molecule has 2 aromatic heterocycles. The van der Waals surface area contributed by atoms with Crippen molar-refractivity contribution >= 4 is 23.3 Å². The third-order valence-corrected chi connectivity index (χ3v) is 4.89. The van der Waals surface area contributed by atoms with E-state index in [0.717, 1.165) is 11.3 Å². The third kappa shape index (κ3) is 4.68. The van der Waals surface area contributed by atoms with Crippen LogP contribution in [0.2, 0.25) is 0 Å². The second-order valence-corrected chi connectivity index (χ2v) is 7.47. The maximum Gasteiger partial charge on any atom is 0.284 e. The van der Waals surface area contributed by atoms with Crippen LogP contribution in [-0.4, -0.2) is 33.8 Å². The van der Waals surface area contributed by atoms with Gasteiger partial charge in [0.2, 0.25) is 0 Å². The average molecular weight is 420 g/mol. The smallest absolute Gasteiger partial charge is 0.284 e. The number of nitrogens with zero attached hydrogens (tertiary/aromatic N) is 2. The molecule has 0 aliphatic rings. The lowest BCUT2D eigenvalue weighted by atomic mass is 10.2. The van der Waals surface area contributed by atoms with Crippen molar-refractivity contribution in [2.75, 3.05) is 18.6 Å². The van der Waals surface area contributed by atoms with Crippen LogP contribution in [0.25, 0.3) is 5.65 Å². The van der Waals surface area contributed by atoms with Crippen LogP contribution in [0.1, 0.15) is 27.3 Å². The summed E-state index contributed by atoms with van der Waals surface area (Å²) in [4.78, 5) is 17.0. The Morgan fingerprint density at radius 1 is 1.28 bits per heavy atom. The Labute approximate surface area is 171 Å². The lowest BCUT2D eigenvalue weighted by Gasteiger charge is -2.11. The van der Waals surface area contributed by atoms with Crippen LogP contribution in [0.3, 0.4) is 0 Å². The Morgan fingerprint density at radius 3 is 2.69 bits per heavy atom. The molecule has 9 heteroatoms. The number of hydrogen-bond acceptors (Lipinski definition) is 5. The van der Waals surface area contributed by atoms with Crippen LogP contribution >= 0.6 is 11.8 Å². The molecule has 1 amide bonds. The van der Waals surface area contributed by atoms with E-state index in [9.17, 15) is 13.6 Å². The number of nitrogens with one attached hydrogen (secondary N) is 2. The number of benzene rings is 1. The van der Waals surface area contributed by atoms with Crippen molar-refractivity contribution in [3.05, 3.63) is 64.6 Å². The first kappa shape index (κ1) is 21.1. The summed E-state index contributed by atoms with van der Waals surface area (Å²) >= 11 is 1.66. The lowest BCUT2D eigenvalue weighted by molar-refractivity contribution is 0.0928. The van der Waals surface area contributed by atoms with Gasteiger partial charge in [-0.15, -0.1) is 0 Å². The number of imidazole rings is 1. The number of amides is 1. The van der Waals surface area contributed by atoms with E-state index in [1.165, 1.54) is 18.2 Å². The highest BCUT2D eigenvalue weighted by molar-refractivity contribution is 7.98. The van der Waals surface area contributed by atoms with Gasteiger partial charge in [-0.2, -0.15) is 11.8 Å². The van der Waals surface area contributed by atoms with E-state index >= 15 is 0 Å². The lowest BCUT2D eigenvalue weighted by Crippen LogP contribution is -2.39. The van der Waals surface area contributed by atoms with Gasteiger partial charge in [0.15, 0.2) is 11.4 Å². The van der Waals surface area contributed by atoms with Gasteiger partial charge >= 0.3 is 0 Å². The van der Waals surface area contributed by atoms with Gasteiger partial charge in [0.1, 0.15) is 23.9 Å². The normalized spacial score (nSPS) is 11.1. The van der Waals surface area contributed by atoms with Crippen LogP contribution in [-0.2, 0) is 6.61 Å². The van der Waals surface area contributed by atoms with Crippen LogP contribution in [0.5, 0.6) is 5.75 Å². The van der Waals surface area contributed by atoms with Gasteiger partial charge in [-0.1, -0.05) is 6.07 Å². The molecule has 0 radical (unpaired) electrons. The highest BCUT2D eigenvalue weighted by Crippen LogP contribution is 2.25. The van der Waals surface area contributed by atoms with Crippen LogP contribution in [0, 0.1) is 25.5 Å². The molecule has 0 aliphatic heterocycles. The summed E-state index contributed by atoms with van der Waals surface area (Å²) in [5, 5.41) is 0. The van der Waals surface area contributed by atoms with E-state index in [0.29, 0.717) is 29.3 Å². The highest BCUT2D eigenvalue weighted by Gasteiger charge is 2.20. The van der Waals surface area contributed by atoms with Crippen molar-refractivity contribution in [2.45, 2.75) is 20.5 Å². The minimum Gasteiger partial charge on any atom is -0.485 e. The van der Waals surface area contributed by atoms with E-state index in [1.807, 2.05) is 13.2 Å². The van der Waals surface area contributed by atoms with Gasteiger partial charge < -0.3 is 4.74 Å². The van der Waals surface area contributed by atoms with Crippen molar-refractivity contribution in [2.24, 2.45) is 0 Å². The number of thioether (sulfide) groups is 1. The van der Waals surface area contributed by atoms with E-state index < -0.39 is 11.6 Å². The second kappa shape index (κ2) is 9.23. The number of hydrogen-bond donors (Lipinski definition) is 2. The van der Waals surface area contributed by atoms with Crippen molar-refractivity contribution in [1.29, 1.82) is 0 Å². The molecule has 3 aromatic rings. The number of carbonyl (C=O) groups excluding carboxylic acids is 1. The number of carbonyl (C=O) groups is 1. The molecule has 0 atom stereocenters. The minimum absolute atomic E-state index is 0.161. The summed E-state index contributed by atoms with van der Waals surface area (Å²) in [6.45, 7) is 3.90. The summed E-state index contributed by atoms with van der Waals surface area (Å²) in [6, 6.07) is 5.38. The number of aryl methyl sites for hydroxylation is 2.